The van der Waals surface area contributed by atoms with Gasteiger partial charge in [-0.3, -0.25) is 9.59 Å². The van der Waals surface area contributed by atoms with Crippen molar-refractivity contribution in [3.63, 3.8) is 0 Å². The van der Waals surface area contributed by atoms with Crippen molar-refractivity contribution in [3.05, 3.63) is 24.0 Å². The molecule has 1 atom stereocenters. The zero-order chi connectivity index (χ0) is 12.4. The van der Waals surface area contributed by atoms with Gasteiger partial charge in [-0.05, 0) is 12.1 Å². The van der Waals surface area contributed by atoms with Crippen LogP contribution in [0.1, 0.15) is 0 Å². The van der Waals surface area contributed by atoms with E-state index in [0.29, 0.717) is 5.75 Å². The van der Waals surface area contributed by atoms with Gasteiger partial charge in [0.2, 0.25) is 5.91 Å². The molecular formula is C10H9FN2O3S. The second-order valence-corrected chi connectivity index (χ2v) is 4.44. The van der Waals surface area contributed by atoms with Crippen LogP contribution in [0.5, 0.6) is 5.75 Å². The van der Waals surface area contributed by atoms with Gasteiger partial charge in [0.1, 0.15) is 6.04 Å². The van der Waals surface area contributed by atoms with Gasteiger partial charge in [-0.1, -0.05) is 11.8 Å². The van der Waals surface area contributed by atoms with Gasteiger partial charge in [-0.2, -0.15) is 0 Å². The first-order chi connectivity index (χ1) is 8.06. The number of thioether (sulfide) groups is 1. The fourth-order valence-corrected chi connectivity index (χ4v) is 2.12. The summed E-state index contributed by atoms with van der Waals surface area (Å²) in [7, 11) is 0. The molecule has 1 aromatic carbocycles. The maximum atomic E-state index is 13.0. The number of carbonyl (C=O) groups is 2. The lowest BCUT2D eigenvalue weighted by Crippen LogP contribution is -2.38. The molecule has 17 heavy (non-hydrogen) atoms. The summed E-state index contributed by atoms with van der Waals surface area (Å²) in [5.74, 6) is -1.35. The summed E-state index contributed by atoms with van der Waals surface area (Å²) in [6.45, 7) is 0. The summed E-state index contributed by atoms with van der Waals surface area (Å²) < 4.78 is 13.0. The first-order valence-electron chi connectivity index (χ1n) is 4.79. The summed E-state index contributed by atoms with van der Waals surface area (Å²) in [6.07, 6.45) is 0. The third kappa shape index (κ3) is 2.68. The largest absolute Gasteiger partial charge is 0.505 e. The van der Waals surface area contributed by atoms with Crippen LogP contribution in [-0.4, -0.2) is 28.0 Å². The highest BCUT2D eigenvalue weighted by molar-refractivity contribution is 8.14. The molecule has 1 fully saturated rings. The fraction of sp³-hybridized carbons (Fsp3) is 0.200. The van der Waals surface area contributed by atoms with E-state index in [2.05, 4.69) is 10.6 Å². The molecular weight excluding hydrogens is 247 g/mol. The zero-order valence-electron chi connectivity index (χ0n) is 8.57. The number of hydrogen-bond acceptors (Lipinski definition) is 4. The van der Waals surface area contributed by atoms with E-state index in [1.807, 2.05) is 0 Å². The molecule has 1 aliphatic heterocycles. The van der Waals surface area contributed by atoms with Crippen molar-refractivity contribution in [2.24, 2.45) is 0 Å². The number of phenolic OH excluding ortho intramolecular Hbond substituents is 1. The summed E-state index contributed by atoms with van der Waals surface area (Å²) in [5.41, 5.74) is 0.233. The molecule has 0 bridgehead atoms. The van der Waals surface area contributed by atoms with Crippen molar-refractivity contribution in [3.8, 4) is 5.75 Å². The number of hydrogen-bond donors (Lipinski definition) is 3. The van der Waals surface area contributed by atoms with Crippen LogP contribution in [0.2, 0.25) is 0 Å². The number of amides is 2. The quantitative estimate of drug-likeness (QED) is 0.697. The Morgan fingerprint density at radius 1 is 1.59 bits per heavy atom. The van der Waals surface area contributed by atoms with Crippen molar-refractivity contribution in [2.45, 2.75) is 6.04 Å². The topological polar surface area (TPSA) is 78.4 Å². The van der Waals surface area contributed by atoms with E-state index in [9.17, 15) is 14.0 Å². The number of aromatic hydroxyl groups is 1. The third-order valence-electron chi connectivity index (χ3n) is 2.20. The van der Waals surface area contributed by atoms with Crippen LogP contribution < -0.4 is 10.6 Å². The molecule has 1 unspecified atom stereocenters. The third-order valence-corrected chi connectivity index (χ3v) is 3.08. The van der Waals surface area contributed by atoms with E-state index < -0.39 is 23.5 Å². The molecule has 1 aromatic rings. The van der Waals surface area contributed by atoms with Gasteiger partial charge >= 0.3 is 0 Å². The summed E-state index contributed by atoms with van der Waals surface area (Å²) in [5, 5.41) is 13.7. The Labute approximate surface area is 100 Å². The van der Waals surface area contributed by atoms with E-state index in [4.69, 9.17) is 5.11 Å². The zero-order valence-corrected chi connectivity index (χ0v) is 9.38. The molecule has 3 N–H and O–H groups in total. The van der Waals surface area contributed by atoms with Crippen molar-refractivity contribution in [1.29, 1.82) is 0 Å². The number of carbonyl (C=O) groups excluding carboxylic acids is 2. The van der Waals surface area contributed by atoms with Crippen molar-refractivity contribution < 1.29 is 19.1 Å². The molecule has 7 heteroatoms. The summed E-state index contributed by atoms with van der Waals surface area (Å²) in [4.78, 5) is 22.5. The normalized spacial score (nSPS) is 18.9. The lowest BCUT2D eigenvalue weighted by molar-refractivity contribution is -0.117. The minimum absolute atomic E-state index is 0.233. The van der Waals surface area contributed by atoms with E-state index in [1.165, 1.54) is 6.07 Å². The molecule has 2 rings (SSSR count). The highest BCUT2D eigenvalue weighted by Gasteiger charge is 2.27. The second kappa shape index (κ2) is 4.62. The lowest BCUT2D eigenvalue weighted by Gasteiger charge is -2.10. The Kier molecular flexibility index (Phi) is 3.19. The Morgan fingerprint density at radius 2 is 2.35 bits per heavy atom. The predicted octanol–water partition coefficient (Wildman–Crippen LogP) is 1.29. The van der Waals surface area contributed by atoms with Gasteiger partial charge in [-0.15, -0.1) is 0 Å². The Balaban J connectivity index is 2.03. The van der Waals surface area contributed by atoms with Crippen LogP contribution in [0, 0.1) is 5.82 Å². The number of benzene rings is 1. The first kappa shape index (κ1) is 11.7. The summed E-state index contributed by atoms with van der Waals surface area (Å²) >= 11 is 1.02. The highest BCUT2D eigenvalue weighted by atomic mass is 32.2. The molecule has 0 aromatic heterocycles. The lowest BCUT2D eigenvalue weighted by atomic mass is 10.2. The maximum absolute atomic E-state index is 13.0. The minimum atomic E-state index is -0.812. The predicted molar refractivity (Wildman–Crippen MR) is 61.5 cm³/mol. The molecule has 1 saturated heterocycles. The molecule has 0 aliphatic carbocycles. The Morgan fingerprint density at radius 3 is 2.94 bits per heavy atom. The Hall–Kier alpha value is -1.76. The van der Waals surface area contributed by atoms with Crippen molar-refractivity contribution in [1.82, 2.24) is 5.32 Å². The number of rotatable bonds is 2. The van der Waals surface area contributed by atoms with Crippen LogP contribution in [-0.2, 0) is 4.79 Å². The standard InChI is InChI=1S/C10H9FN2O3S/c11-6-3-5(1-2-8(6)14)12-9(15)7-4-17-10(16)13-7/h1-3,7,14H,4H2,(H,12,15)(H,13,16). The minimum Gasteiger partial charge on any atom is -0.505 e. The van der Waals surface area contributed by atoms with Gasteiger partial charge in [0.05, 0.1) is 0 Å². The van der Waals surface area contributed by atoms with E-state index in [1.54, 1.807) is 0 Å². The van der Waals surface area contributed by atoms with Crippen molar-refractivity contribution >= 4 is 28.6 Å². The average Bonchev–Trinajstić information content (AvgIpc) is 2.70. The van der Waals surface area contributed by atoms with Crippen LogP contribution >= 0.6 is 11.8 Å². The summed E-state index contributed by atoms with van der Waals surface area (Å²) in [6, 6.07) is 2.92. The van der Waals surface area contributed by atoms with E-state index in [0.717, 1.165) is 23.9 Å². The molecule has 90 valence electrons. The van der Waals surface area contributed by atoms with Crippen LogP contribution in [0.15, 0.2) is 18.2 Å². The van der Waals surface area contributed by atoms with E-state index in [-0.39, 0.29) is 10.9 Å². The average molecular weight is 256 g/mol. The number of phenols is 1. The second-order valence-electron chi connectivity index (χ2n) is 3.45. The van der Waals surface area contributed by atoms with Gasteiger partial charge in [0, 0.05) is 17.5 Å². The monoisotopic (exact) mass is 256 g/mol. The first-order valence-corrected chi connectivity index (χ1v) is 5.77. The number of nitrogens with one attached hydrogen (secondary N) is 2. The molecule has 1 heterocycles. The van der Waals surface area contributed by atoms with Gasteiger partial charge < -0.3 is 15.7 Å². The molecule has 1 aliphatic rings. The van der Waals surface area contributed by atoms with Crippen LogP contribution in [0.25, 0.3) is 0 Å². The fourth-order valence-electron chi connectivity index (χ4n) is 1.34. The molecule has 5 nitrogen and oxygen atoms in total. The molecule has 0 radical (unpaired) electrons. The van der Waals surface area contributed by atoms with Crippen LogP contribution in [0.4, 0.5) is 14.9 Å². The Bertz CT molecular complexity index is 481. The number of halogens is 1. The SMILES string of the molecule is O=C1NC(C(=O)Nc2ccc(O)c(F)c2)CS1. The smallest absolute Gasteiger partial charge is 0.279 e. The van der Waals surface area contributed by atoms with Gasteiger partial charge in [0.25, 0.3) is 5.24 Å². The van der Waals surface area contributed by atoms with Gasteiger partial charge in [0.15, 0.2) is 11.6 Å². The van der Waals surface area contributed by atoms with Gasteiger partial charge in [-0.25, -0.2) is 4.39 Å². The molecule has 0 spiro atoms. The number of anilines is 1. The highest BCUT2D eigenvalue weighted by Crippen LogP contribution is 2.20. The molecule has 2 amide bonds. The van der Waals surface area contributed by atoms with E-state index >= 15 is 0 Å². The van der Waals surface area contributed by atoms with Crippen molar-refractivity contribution in [2.75, 3.05) is 11.1 Å². The molecule has 0 saturated carbocycles. The van der Waals surface area contributed by atoms with Crippen LogP contribution in [0.3, 0.4) is 0 Å². The maximum Gasteiger partial charge on any atom is 0.279 e.